The van der Waals surface area contributed by atoms with Gasteiger partial charge in [-0.05, 0) is 38.1 Å². The Morgan fingerprint density at radius 1 is 1.28 bits per heavy atom. The first-order chi connectivity index (χ1) is 11.6. The summed E-state index contributed by atoms with van der Waals surface area (Å²) < 4.78 is 5.66. The van der Waals surface area contributed by atoms with Crippen molar-refractivity contribution in [3.63, 3.8) is 0 Å². The molecular weight excluding hydrogens is 427 g/mol. The summed E-state index contributed by atoms with van der Waals surface area (Å²) in [6.07, 6.45) is 6.49. The molecule has 146 valence electrons. The van der Waals surface area contributed by atoms with E-state index in [1.807, 2.05) is 7.05 Å². The summed E-state index contributed by atoms with van der Waals surface area (Å²) in [6.45, 7) is 12.2. The van der Waals surface area contributed by atoms with Crippen LogP contribution in [0.25, 0.3) is 0 Å². The van der Waals surface area contributed by atoms with E-state index in [1.165, 1.54) is 45.2 Å². The molecule has 1 spiro atoms. The Morgan fingerprint density at radius 3 is 2.80 bits per heavy atom. The number of hydrogen-bond donors (Lipinski definition) is 1. The molecule has 0 aromatic carbocycles. The van der Waals surface area contributed by atoms with Gasteiger partial charge in [0.25, 0.3) is 0 Å². The predicted octanol–water partition coefficient (Wildman–Crippen LogP) is 2.80. The van der Waals surface area contributed by atoms with Crippen molar-refractivity contribution in [1.82, 2.24) is 15.1 Å². The van der Waals surface area contributed by atoms with E-state index in [9.17, 15) is 0 Å². The van der Waals surface area contributed by atoms with Gasteiger partial charge in [0.1, 0.15) is 0 Å². The van der Waals surface area contributed by atoms with Gasteiger partial charge in [-0.25, -0.2) is 0 Å². The molecule has 2 atom stereocenters. The molecule has 3 rings (SSSR count). The molecule has 5 nitrogen and oxygen atoms in total. The highest BCUT2D eigenvalue weighted by Gasteiger charge is 2.42. The van der Waals surface area contributed by atoms with Crippen LogP contribution in [0.3, 0.4) is 0 Å². The molecule has 25 heavy (non-hydrogen) atoms. The van der Waals surface area contributed by atoms with Crippen molar-refractivity contribution in [3.05, 3.63) is 0 Å². The van der Waals surface area contributed by atoms with Gasteiger partial charge in [0.15, 0.2) is 5.96 Å². The lowest BCUT2D eigenvalue weighted by atomic mass is 9.87. The van der Waals surface area contributed by atoms with Gasteiger partial charge < -0.3 is 15.0 Å². The zero-order valence-electron chi connectivity index (χ0n) is 16.3. The van der Waals surface area contributed by atoms with E-state index in [1.54, 1.807) is 0 Å². The van der Waals surface area contributed by atoms with Crippen molar-refractivity contribution < 1.29 is 4.74 Å². The quantitative estimate of drug-likeness (QED) is 0.395. The number of hydrogen-bond acceptors (Lipinski definition) is 3. The van der Waals surface area contributed by atoms with E-state index in [4.69, 9.17) is 4.74 Å². The topological polar surface area (TPSA) is 40.1 Å². The lowest BCUT2D eigenvalue weighted by Crippen LogP contribution is -2.50. The highest BCUT2D eigenvalue weighted by atomic mass is 127. The summed E-state index contributed by atoms with van der Waals surface area (Å²) in [7, 11) is 1.92. The lowest BCUT2D eigenvalue weighted by Gasteiger charge is -2.37. The number of piperidine rings is 1. The molecule has 3 heterocycles. The molecule has 0 aromatic rings. The fourth-order valence-corrected chi connectivity index (χ4v) is 4.63. The van der Waals surface area contributed by atoms with E-state index in [2.05, 4.69) is 34.0 Å². The van der Waals surface area contributed by atoms with Crippen molar-refractivity contribution in [2.75, 3.05) is 53.0 Å². The van der Waals surface area contributed by atoms with E-state index in [-0.39, 0.29) is 24.0 Å². The van der Waals surface area contributed by atoms with Gasteiger partial charge in [-0.3, -0.25) is 9.89 Å². The van der Waals surface area contributed by atoms with Gasteiger partial charge in [-0.1, -0.05) is 20.3 Å². The molecule has 0 amide bonds. The Hall–Kier alpha value is -0.0800. The molecule has 2 unspecified atom stereocenters. The molecule has 3 saturated heterocycles. The Morgan fingerprint density at radius 2 is 2.12 bits per heavy atom. The fraction of sp³-hybridized carbons (Fsp3) is 0.947. The standard InChI is InChI=1S/C19H36N4O.HI/c1-16(2)13-22-9-5-4-6-17(22)12-21-18(20-3)23-10-7-19(14-23)8-11-24-15-19;/h16-17H,4-15H2,1-3H3,(H,20,21);1H. The second kappa shape index (κ2) is 9.74. The van der Waals surface area contributed by atoms with Crippen LogP contribution in [-0.4, -0.2) is 74.8 Å². The Labute approximate surface area is 171 Å². The van der Waals surface area contributed by atoms with Gasteiger partial charge in [-0.2, -0.15) is 0 Å². The lowest BCUT2D eigenvalue weighted by molar-refractivity contribution is 0.132. The van der Waals surface area contributed by atoms with Crippen LogP contribution in [-0.2, 0) is 4.74 Å². The maximum Gasteiger partial charge on any atom is 0.193 e. The number of likely N-dealkylation sites (tertiary alicyclic amines) is 2. The van der Waals surface area contributed by atoms with Gasteiger partial charge in [-0.15, -0.1) is 24.0 Å². The minimum absolute atomic E-state index is 0. The summed E-state index contributed by atoms with van der Waals surface area (Å²) in [5.41, 5.74) is 0.395. The summed E-state index contributed by atoms with van der Waals surface area (Å²) >= 11 is 0. The van der Waals surface area contributed by atoms with E-state index < -0.39 is 0 Å². The molecule has 3 aliphatic heterocycles. The predicted molar refractivity (Wildman–Crippen MR) is 115 cm³/mol. The Kier molecular flexibility index (Phi) is 8.27. The number of aliphatic imine (C=N–C) groups is 1. The first-order valence-electron chi connectivity index (χ1n) is 9.89. The number of guanidine groups is 1. The minimum atomic E-state index is 0. The third-order valence-corrected chi connectivity index (χ3v) is 5.98. The van der Waals surface area contributed by atoms with Crippen molar-refractivity contribution in [3.8, 4) is 0 Å². The summed E-state index contributed by atoms with van der Waals surface area (Å²) in [4.78, 5) is 9.70. The average Bonchev–Trinajstić information content (AvgIpc) is 3.20. The van der Waals surface area contributed by atoms with Crippen LogP contribution in [0.4, 0.5) is 0 Å². The zero-order chi connectivity index (χ0) is 17.0. The highest BCUT2D eigenvalue weighted by molar-refractivity contribution is 14.0. The summed E-state index contributed by atoms with van der Waals surface area (Å²) in [5, 5.41) is 3.68. The zero-order valence-corrected chi connectivity index (χ0v) is 18.6. The average molecular weight is 464 g/mol. The first kappa shape index (κ1) is 21.2. The first-order valence-corrected chi connectivity index (χ1v) is 9.89. The summed E-state index contributed by atoms with van der Waals surface area (Å²) in [6, 6.07) is 0.657. The highest BCUT2D eigenvalue weighted by Crippen LogP contribution is 2.38. The number of rotatable bonds is 4. The van der Waals surface area contributed by atoms with Crippen LogP contribution in [0.5, 0.6) is 0 Å². The van der Waals surface area contributed by atoms with Crippen LogP contribution in [0.15, 0.2) is 4.99 Å². The molecule has 0 radical (unpaired) electrons. The van der Waals surface area contributed by atoms with Crippen molar-refractivity contribution >= 4 is 29.9 Å². The van der Waals surface area contributed by atoms with E-state index >= 15 is 0 Å². The normalized spacial score (nSPS) is 31.0. The van der Waals surface area contributed by atoms with Crippen LogP contribution in [0.1, 0.15) is 46.0 Å². The number of nitrogens with one attached hydrogen (secondary N) is 1. The largest absolute Gasteiger partial charge is 0.381 e. The monoisotopic (exact) mass is 464 g/mol. The van der Waals surface area contributed by atoms with Gasteiger partial charge >= 0.3 is 0 Å². The molecule has 6 heteroatoms. The Balaban J connectivity index is 0.00000225. The van der Waals surface area contributed by atoms with Crippen LogP contribution < -0.4 is 5.32 Å². The third-order valence-electron chi connectivity index (χ3n) is 5.98. The van der Waals surface area contributed by atoms with E-state index in [0.717, 1.165) is 44.7 Å². The van der Waals surface area contributed by atoms with Crippen LogP contribution >= 0.6 is 24.0 Å². The summed E-state index contributed by atoms with van der Waals surface area (Å²) in [5.74, 6) is 1.83. The smallest absolute Gasteiger partial charge is 0.193 e. The molecular formula is C19H37IN4O. The SMILES string of the molecule is CN=C(NCC1CCCCN1CC(C)C)N1CCC2(CCOC2)C1.I. The van der Waals surface area contributed by atoms with Crippen LogP contribution in [0.2, 0.25) is 0 Å². The third kappa shape index (κ3) is 5.45. The fourth-order valence-electron chi connectivity index (χ4n) is 4.63. The maximum absolute atomic E-state index is 5.66. The van der Waals surface area contributed by atoms with Gasteiger partial charge in [0.05, 0.1) is 6.61 Å². The molecule has 0 saturated carbocycles. The van der Waals surface area contributed by atoms with Crippen molar-refractivity contribution in [1.29, 1.82) is 0 Å². The van der Waals surface area contributed by atoms with E-state index in [0.29, 0.717) is 11.5 Å². The maximum atomic E-state index is 5.66. The number of nitrogens with zero attached hydrogens (tertiary/aromatic N) is 3. The van der Waals surface area contributed by atoms with Crippen molar-refractivity contribution in [2.45, 2.75) is 52.0 Å². The second-order valence-electron chi connectivity index (χ2n) is 8.44. The van der Waals surface area contributed by atoms with Crippen LogP contribution in [0, 0.1) is 11.3 Å². The molecule has 0 bridgehead atoms. The number of halogens is 1. The number of ether oxygens (including phenoxy) is 1. The van der Waals surface area contributed by atoms with Crippen molar-refractivity contribution in [2.24, 2.45) is 16.3 Å². The molecule has 0 aromatic heterocycles. The molecule has 0 aliphatic carbocycles. The van der Waals surface area contributed by atoms with Gasteiger partial charge in [0.2, 0.25) is 0 Å². The minimum Gasteiger partial charge on any atom is -0.381 e. The second-order valence-corrected chi connectivity index (χ2v) is 8.44. The molecule has 3 aliphatic rings. The van der Waals surface area contributed by atoms with Gasteiger partial charge in [0, 0.05) is 51.3 Å². The molecule has 3 fully saturated rings. The Bertz CT molecular complexity index is 437. The molecule has 1 N–H and O–H groups in total.